The first-order valence-electron chi connectivity index (χ1n) is 7.71. The molecule has 4 nitrogen and oxygen atoms in total. The number of thiophene rings is 1. The lowest BCUT2D eigenvalue weighted by molar-refractivity contribution is 0.465. The largest absolute Gasteiger partial charge is 0.437 e. The van der Waals surface area contributed by atoms with Crippen LogP contribution in [0.5, 0.6) is 11.6 Å². The Kier molecular flexibility index (Phi) is 3.89. The van der Waals surface area contributed by atoms with Crippen LogP contribution in [0.25, 0.3) is 21.2 Å². The van der Waals surface area contributed by atoms with Gasteiger partial charge in [0.05, 0.1) is 4.70 Å². The number of hydrogen-bond donors (Lipinski definition) is 0. The first kappa shape index (κ1) is 15.7. The van der Waals surface area contributed by atoms with Crippen molar-refractivity contribution in [2.45, 2.75) is 13.8 Å². The average Bonchev–Trinajstić information content (AvgIpc) is 3.06. The second-order valence-corrected chi connectivity index (χ2v) is 6.53. The van der Waals surface area contributed by atoms with E-state index < -0.39 is 0 Å². The van der Waals surface area contributed by atoms with Crippen molar-refractivity contribution in [3.8, 4) is 22.8 Å². The summed E-state index contributed by atoms with van der Waals surface area (Å²) in [5, 5.41) is 3.03. The Labute approximate surface area is 148 Å². The zero-order valence-electron chi connectivity index (χ0n) is 13.7. The third-order valence-corrected chi connectivity index (χ3v) is 4.90. The van der Waals surface area contributed by atoms with Gasteiger partial charge in [-0.2, -0.15) is 0 Å². The van der Waals surface area contributed by atoms with Gasteiger partial charge in [0.1, 0.15) is 17.9 Å². The lowest BCUT2D eigenvalue weighted by Gasteiger charge is -2.11. The van der Waals surface area contributed by atoms with E-state index in [2.05, 4.69) is 15.0 Å². The minimum atomic E-state index is -0.378. The standard InChI is InChI=1S/C19H14FN3OS/c1-11-17(12(2)23-10-22-11)15-4-3-14(9-16(15)20)24-19-18-13(5-7-21-19)6-8-25-18/h3-10H,1-2H3. The Balaban J connectivity index is 1.72. The number of aromatic nitrogens is 3. The lowest BCUT2D eigenvalue weighted by Crippen LogP contribution is -1.97. The van der Waals surface area contributed by atoms with E-state index >= 15 is 0 Å². The fraction of sp³-hybridized carbons (Fsp3) is 0.105. The summed E-state index contributed by atoms with van der Waals surface area (Å²) >= 11 is 1.54. The van der Waals surface area contributed by atoms with Gasteiger partial charge in [-0.05, 0) is 48.9 Å². The molecule has 0 atom stereocenters. The molecule has 0 unspecified atom stereocenters. The zero-order chi connectivity index (χ0) is 17.4. The highest BCUT2D eigenvalue weighted by atomic mass is 32.1. The van der Waals surface area contributed by atoms with Crippen molar-refractivity contribution in [2.75, 3.05) is 0 Å². The lowest BCUT2D eigenvalue weighted by atomic mass is 10.0. The van der Waals surface area contributed by atoms with E-state index in [1.807, 2.05) is 31.4 Å². The van der Waals surface area contributed by atoms with Crippen molar-refractivity contribution in [1.82, 2.24) is 15.0 Å². The molecule has 124 valence electrons. The van der Waals surface area contributed by atoms with Gasteiger partial charge in [-0.3, -0.25) is 0 Å². The van der Waals surface area contributed by atoms with Gasteiger partial charge < -0.3 is 4.74 Å². The van der Waals surface area contributed by atoms with Crippen LogP contribution in [0.4, 0.5) is 4.39 Å². The SMILES string of the molecule is Cc1ncnc(C)c1-c1ccc(Oc2nccc3ccsc23)cc1F. The molecule has 3 aromatic heterocycles. The smallest absolute Gasteiger partial charge is 0.237 e. The van der Waals surface area contributed by atoms with Crippen molar-refractivity contribution in [1.29, 1.82) is 0 Å². The fourth-order valence-electron chi connectivity index (χ4n) is 2.80. The second-order valence-electron chi connectivity index (χ2n) is 5.62. The van der Waals surface area contributed by atoms with E-state index in [0.29, 0.717) is 22.8 Å². The van der Waals surface area contributed by atoms with Gasteiger partial charge in [-0.25, -0.2) is 19.3 Å². The molecule has 0 N–H and O–H groups in total. The summed E-state index contributed by atoms with van der Waals surface area (Å²) in [5.74, 6) is 0.508. The summed E-state index contributed by atoms with van der Waals surface area (Å²) in [7, 11) is 0. The first-order chi connectivity index (χ1) is 12.1. The van der Waals surface area contributed by atoms with Gasteiger partial charge >= 0.3 is 0 Å². The number of aryl methyl sites for hydroxylation is 2. The number of pyridine rings is 1. The van der Waals surface area contributed by atoms with Gasteiger partial charge in [0.25, 0.3) is 0 Å². The molecule has 0 radical (unpaired) electrons. The predicted octanol–water partition coefficient (Wildman–Crippen LogP) is 5.30. The molecule has 0 bridgehead atoms. The Morgan fingerprint density at radius 1 is 1.00 bits per heavy atom. The maximum atomic E-state index is 14.7. The highest BCUT2D eigenvalue weighted by molar-refractivity contribution is 7.17. The number of benzene rings is 1. The Bertz CT molecular complexity index is 1060. The molecule has 0 aliphatic heterocycles. The van der Waals surface area contributed by atoms with Crippen LogP contribution in [0.3, 0.4) is 0 Å². The highest BCUT2D eigenvalue weighted by Gasteiger charge is 2.14. The normalized spacial score (nSPS) is 11.0. The summed E-state index contributed by atoms with van der Waals surface area (Å²) in [4.78, 5) is 12.6. The van der Waals surface area contributed by atoms with Gasteiger partial charge in [0.2, 0.25) is 5.88 Å². The maximum absolute atomic E-state index is 14.7. The highest BCUT2D eigenvalue weighted by Crippen LogP contribution is 2.34. The molecule has 0 amide bonds. The number of fused-ring (bicyclic) bond motifs is 1. The second kappa shape index (κ2) is 6.22. The summed E-state index contributed by atoms with van der Waals surface area (Å²) in [6.45, 7) is 3.69. The van der Waals surface area contributed by atoms with Crippen LogP contribution in [-0.4, -0.2) is 15.0 Å². The molecule has 0 aliphatic rings. The van der Waals surface area contributed by atoms with Crippen LogP contribution in [0.15, 0.2) is 48.2 Å². The van der Waals surface area contributed by atoms with Crippen molar-refractivity contribution >= 4 is 21.4 Å². The molecule has 4 rings (SSSR count). The third-order valence-electron chi connectivity index (χ3n) is 3.99. The van der Waals surface area contributed by atoms with E-state index in [1.165, 1.54) is 12.4 Å². The topological polar surface area (TPSA) is 47.9 Å². The van der Waals surface area contributed by atoms with E-state index in [4.69, 9.17) is 4.74 Å². The Morgan fingerprint density at radius 2 is 1.80 bits per heavy atom. The molecule has 6 heteroatoms. The van der Waals surface area contributed by atoms with Crippen LogP contribution in [0.2, 0.25) is 0 Å². The van der Waals surface area contributed by atoms with Crippen LogP contribution in [0.1, 0.15) is 11.4 Å². The van der Waals surface area contributed by atoms with Crippen LogP contribution in [-0.2, 0) is 0 Å². The number of nitrogens with zero attached hydrogens (tertiary/aromatic N) is 3. The Hall–Kier alpha value is -2.86. The molecular formula is C19H14FN3OS. The van der Waals surface area contributed by atoms with Crippen molar-refractivity contribution in [2.24, 2.45) is 0 Å². The molecular weight excluding hydrogens is 337 g/mol. The number of hydrogen-bond acceptors (Lipinski definition) is 5. The molecule has 3 heterocycles. The average molecular weight is 351 g/mol. The van der Waals surface area contributed by atoms with Gasteiger partial charge in [-0.15, -0.1) is 11.3 Å². The molecule has 1 aromatic carbocycles. The van der Waals surface area contributed by atoms with Crippen LogP contribution >= 0.6 is 11.3 Å². The molecule has 4 aromatic rings. The number of rotatable bonds is 3. The van der Waals surface area contributed by atoms with Gasteiger partial charge in [0, 0.05) is 34.8 Å². The maximum Gasteiger partial charge on any atom is 0.237 e. The van der Waals surface area contributed by atoms with E-state index in [1.54, 1.807) is 29.7 Å². The summed E-state index contributed by atoms with van der Waals surface area (Å²) in [6.07, 6.45) is 3.17. The van der Waals surface area contributed by atoms with Crippen LogP contribution < -0.4 is 4.74 Å². The monoisotopic (exact) mass is 351 g/mol. The molecule has 25 heavy (non-hydrogen) atoms. The quantitative estimate of drug-likeness (QED) is 0.502. The summed E-state index contributed by atoms with van der Waals surface area (Å²) in [5.41, 5.74) is 2.66. The predicted molar refractivity (Wildman–Crippen MR) is 96.6 cm³/mol. The molecule has 0 fully saturated rings. The number of ether oxygens (including phenoxy) is 1. The van der Waals surface area contributed by atoms with Crippen molar-refractivity contribution in [3.63, 3.8) is 0 Å². The van der Waals surface area contributed by atoms with Crippen molar-refractivity contribution in [3.05, 3.63) is 65.4 Å². The van der Waals surface area contributed by atoms with E-state index in [-0.39, 0.29) is 5.82 Å². The minimum absolute atomic E-state index is 0.378. The van der Waals surface area contributed by atoms with Gasteiger partial charge in [0.15, 0.2) is 0 Å². The minimum Gasteiger partial charge on any atom is -0.437 e. The van der Waals surface area contributed by atoms with Crippen molar-refractivity contribution < 1.29 is 9.13 Å². The zero-order valence-corrected chi connectivity index (χ0v) is 14.5. The first-order valence-corrected chi connectivity index (χ1v) is 8.59. The van der Waals surface area contributed by atoms with Gasteiger partial charge in [-0.1, -0.05) is 0 Å². The summed E-state index contributed by atoms with van der Waals surface area (Å²) < 4.78 is 21.4. The van der Waals surface area contributed by atoms with E-state index in [0.717, 1.165) is 21.5 Å². The number of halogens is 1. The summed E-state index contributed by atoms with van der Waals surface area (Å²) in [6, 6.07) is 8.72. The fourth-order valence-corrected chi connectivity index (χ4v) is 3.62. The van der Waals surface area contributed by atoms with Crippen LogP contribution in [0, 0.1) is 19.7 Å². The molecule has 0 saturated heterocycles. The molecule has 0 saturated carbocycles. The molecule has 0 aliphatic carbocycles. The molecule has 0 spiro atoms. The van der Waals surface area contributed by atoms with E-state index in [9.17, 15) is 4.39 Å². The third kappa shape index (κ3) is 2.85. The Morgan fingerprint density at radius 3 is 2.56 bits per heavy atom.